The fourth-order valence-corrected chi connectivity index (χ4v) is 1.39. The van der Waals surface area contributed by atoms with Gasteiger partial charge in [0.1, 0.15) is 5.75 Å². The van der Waals surface area contributed by atoms with Crippen LogP contribution in [0.3, 0.4) is 0 Å². The van der Waals surface area contributed by atoms with E-state index in [1.807, 2.05) is 25.1 Å². The number of hydrogen-bond acceptors (Lipinski definition) is 2. The average molecular weight is 204 g/mol. The van der Waals surface area contributed by atoms with Crippen molar-refractivity contribution < 1.29 is 9.84 Å². The molecule has 15 heavy (non-hydrogen) atoms. The summed E-state index contributed by atoms with van der Waals surface area (Å²) in [5, 5.41) is 9.13. The van der Waals surface area contributed by atoms with Gasteiger partial charge in [-0.15, -0.1) is 12.3 Å². The van der Waals surface area contributed by atoms with Crippen LogP contribution in [0.1, 0.15) is 24.0 Å². The SMILES string of the molecule is C#CCCCOc1c(C)cccc1CO. The Morgan fingerprint density at radius 2 is 2.27 bits per heavy atom. The fraction of sp³-hybridized carbons (Fsp3) is 0.385. The summed E-state index contributed by atoms with van der Waals surface area (Å²) in [6, 6.07) is 5.74. The van der Waals surface area contributed by atoms with Crippen LogP contribution in [0.25, 0.3) is 0 Å². The second-order valence-electron chi connectivity index (χ2n) is 3.38. The zero-order valence-corrected chi connectivity index (χ0v) is 8.99. The summed E-state index contributed by atoms with van der Waals surface area (Å²) in [6.45, 7) is 2.57. The predicted molar refractivity (Wildman–Crippen MR) is 60.7 cm³/mol. The second kappa shape index (κ2) is 6.10. The number of rotatable bonds is 5. The minimum absolute atomic E-state index is 0.00610. The summed E-state index contributed by atoms with van der Waals surface area (Å²) in [5.74, 6) is 3.36. The first-order valence-electron chi connectivity index (χ1n) is 5.05. The van der Waals surface area contributed by atoms with Crippen LogP contribution in [0.15, 0.2) is 18.2 Å². The van der Waals surface area contributed by atoms with Crippen molar-refractivity contribution in [1.82, 2.24) is 0 Å². The van der Waals surface area contributed by atoms with Gasteiger partial charge in [-0.1, -0.05) is 18.2 Å². The van der Waals surface area contributed by atoms with Crippen molar-refractivity contribution in [2.75, 3.05) is 6.61 Å². The predicted octanol–water partition coefficient (Wildman–Crippen LogP) is 2.28. The smallest absolute Gasteiger partial charge is 0.127 e. The lowest BCUT2D eigenvalue weighted by Crippen LogP contribution is -2.01. The molecule has 1 aromatic rings. The molecule has 0 radical (unpaired) electrons. The first kappa shape index (κ1) is 11.6. The van der Waals surface area contributed by atoms with Gasteiger partial charge in [0.25, 0.3) is 0 Å². The second-order valence-corrected chi connectivity index (χ2v) is 3.38. The molecule has 0 atom stereocenters. The number of unbranched alkanes of at least 4 members (excludes halogenated alkanes) is 1. The van der Waals surface area contributed by atoms with E-state index in [4.69, 9.17) is 16.3 Å². The Kier molecular flexibility index (Phi) is 4.73. The van der Waals surface area contributed by atoms with Crippen LogP contribution in [0.2, 0.25) is 0 Å². The quantitative estimate of drug-likeness (QED) is 0.589. The molecule has 1 N–H and O–H groups in total. The molecular weight excluding hydrogens is 188 g/mol. The van der Waals surface area contributed by atoms with E-state index < -0.39 is 0 Å². The lowest BCUT2D eigenvalue weighted by molar-refractivity contribution is 0.261. The van der Waals surface area contributed by atoms with Gasteiger partial charge in [0.15, 0.2) is 0 Å². The fourth-order valence-electron chi connectivity index (χ4n) is 1.39. The van der Waals surface area contributed by atoms with Crippen LogP contribution < -0.4 is 4.74 Å². The molecule has 1 rings (SSSR count). The maximum absolute atomic E-state index is 9.13. The highest BCUT2D eigenvalue weighted by Gasteiger charge is 2.05. The van der Waals surface area contributed by atoms with Gasteiger partial charge >= 0.3 is 0 Å². The normalized spacial score (nSPS) is 9.67. The Bertz CT molecular complexity index is 350. The number of terminal acetylenes is 1. The highest BCUT2D eigenvalue weighted by molar-refractivity contribution is 5.40. The number of hydrogen-bond donors (Lipinski definition) is 1. The van der Waals surface area contributed by atoms with Gasteiger partial charge in [-0.2, -0.15) is 0 Å². The third kappa shape index (κ3) is 3.30. The van der Waals surface area contributed by atoms with E-state index in [0.29, 0.717) is 6.61 Å². The topological polar surface area (TPSA) is 29.5 Å². The number of para-hydroxylation sites is 1. The molecule has 0 aromatic heterocycles. The Balaban J connectivity index is 2.63. The molecule has 0 aliphatic carbocycles. The van der Waals surface area contributed by atoms with Gasteiger partial charge in [-0.25, -0.2) is 0 Å². The Labute approximate surface area is 90.9 Å². The molecule has 0 amide bonds. The molecule has 0 fully saturated rings. The molecule has 0 saturated carbocycles. The van der Waals surface area contributed by atoms with Gasteiger partial charge in [0, 0.05) is 12.0 Å². The van der Waals surface area contributed by atoms with Gasteiger partial charge in [-0.05, 0) is 18.9 Å². The van der Waals surface area contributed by atoms with Gasteiger partial charge < -0.3 is 9.84 Å². The Hall–Kier alpha value is -1.46. The van der Waals surface area contributed by atoms with Gasteiger partial charge in [0.2, 0.25) is 0 Å². The van der Waals surface area contributed by atoms with Gasteiger partial charge in [-0.3, -0.25) is 0 Å². The molecular formula is C13H16O2. The van der Waals surface area contributed by atoms with E-state index >= 15 is 0 Å². The van der Waals surface area contributed by atoms with Crippen molar-refractivity contribution in [3.05, 3.63) is 29.3 Å². The Morgan fingerprint density at radius 1 is 1.47 bits per heavy atom. The molecule has 2 heteroatoms. The van der Waals surface area contributed by atoms with Gasteiger partial charge in [0.05, 0.1) is 13.2 Å². The molecule has 0 saturated heterocycles. The first-order valence-corrected chi connectivity index (χ1v) is 5.05. The zero-order chi connectivity index (χ0) is 11.1. The summed E-state index contributed by atoms with van der Waals surface area (Å²) in [4.78, 5) is 0. The summed E-state index contributed by atoms with van der Waals surface area (Å²) in [6.07, 6.45) is 6.71. The number of aliphatic hydroxyl groups is 1. The molecule has 80 valence electrons. The lowest BCUT2D eigenvalue weighted by Gasteiger charge is -2.12. The Morgan fingerprint density at radius 3 is 2.93 bits per heavy atom. The minimum Gasteiger partial charge on any atom is -0.493 e. The first-order chi connectivity index (χ1) is 7.29. The van der Waals surface area contributed by atoms with Crippen molar-refractivity contribution in [3.8, 4) is 18.1 Å². The van der Waals surface area contributed by atoms with Crippen molar-refractivity contribution >= 4 is 0 Å². The van der Waals surface area contributed by atoms with Crippen LogP contribution in [-0.4, -0.2) is 11.7 Å². The van der Waals surface area contributed by atoms with E-state index in [-0.39, 0.29) is 6.61 Å². The molecule has 2 nitrogen and oxygen atoms in total. The number of aryl methyl sites for hydroxylation is 1. The largest absolute Gasteiger partial charge is 0.493 e. The third-order valence-corrected chi connectivity index (χ3v) is 2.18. The molecule has 0 unspecified atom stereocenters. The van der Waals surface area contributed by atoms with E-state index in [1.165, 1.54) is 0 Å². The summed E-state index contributed by atoms with van der Waals surface area (Å²) in [5.41, 5.74) is 1.87. The van der Waals surface area contributed by atoms with Crippen molar-refractivity contribution in [2.24, 2.45) is 0 Å². The van der Waals surface area contributed by atoms with E-state index in [1.54, 1.807) is 0 Å². The highest BCUT2D eigenvalue weighted by atomic mass is 16.5. The molecule has 1 aromatic carbocycles. The standard InChI is InChI=1S/C13H16O2/c1-3-4-5-9-15-13-11(2)7-6-8-12(13)10-14/h1,6-8,14H,4-5,9-10H2,2H3. The molecule has 0 spiro atoms. The van der Waals surface area contributed by atoms with Crippen molar-refractivity contribution in [1.29, 1.82) is 0 Å². The van der Waals surface area contributed by atoms with Crippen molar-refractivity contribution in [2.45, 2.75) is 26.4 Å². The van der Waals surface area contributed by atoms with E-state index in [0.717, 1.165) is 29.7 Å². The van der Waals surface area contributed by atoms with E-state index in [2.05, 4.69) is 5.92 Å². The number of aliphatic hydroxyl groups excluding tert-OH is 1. The highest BCUT2D eigenvalue weighted by Crippen LogP contribution is 2.23. The monoisotopic (exact) mass is 204 g/mol. The van der Waals surface area contributed by atoms with E-state index in [9.17, 15) is 0 Å². The maximum atomic E-state index is 9.13. The number of ether oxygens (including phenoxy) is 1. The van der Waals surface area contributed by atoms with Crippen LogP contribution in [-0.2, 0) is 6.61 Å². The third-order valence-electron chi connectivity index (χ3n) is 2.18. The van der Waals surface area contributed by atoms with Crippen LogP contribution >= 0.6 is 0 Å². The maximum Gasteiger partial charge on any atom is 0.127 e. The lowest BCUT2D eigenvalue weighted by atomic mass is 10.1. The minimum atomic E-state index is 0.00610. The van der Waals surface area contributed by atoms with Crippen molar-refractivity contribution in [3.63, 3.8) is 0 Å². The average Bonchev–Trinajstić information content (AvgIpc) is 2.26. The zero-order valence-electron chi connectivity index (χ0n) is 8.99. The summed E-state index contributed by atoms with van der Waals surface area (Å²) >= 11 is 0. The molecule has 0 heterocycles. The van der Waals surface area contributed by atoms with Crippen LogP contribution in [0.5, 0.6) is 5.75 Å². The summed E-state index contributed by atoms with van der Waals surface area (Å²) < 4.78 is 5.61. The molecule has 0 bridgehead atoms. The van der Waals surface area contributed by atoms with Crippen LogP contribution in [0, 0.1) is 19.3 Å². The number of benzene rings is 1. The van der Waals surface area contributed by atoms with Crippen LogP contribution in [0.4, 0.5) is 0 Å². The summed E-state index contributed by atoms with van der Waals surface area (Å²) in [7, 11) is 0. The molecule has 0 aliphatic rings. The molecule has 0 aliphatic heterocycles.